The van der Waals surface area contributed by atoms with Crippen molar-refractivity contribution in [2.24, 2.45) is 0 Å². The lowest BCUT2D eigenvalue weighted by atomic mass is 9.89. The lowest BCUT2D eigenvalue weighted by Gasteiger charge is -2.33. The van der Waals surface area contributed by atoms with Crippen LogP contribution >= 0.6 is 0 Å². The number of likely N-dealkylation sites (tertiary alicyclic amines) is 2. The molecular weight excluding hydrogens is 412 g/mol. The lowest BCUT2D eigenvalue weighted by molar-refractivity contribution is 0.0951. The molecule has 0 aliphatic carbocycles. The molecule has 2 fully saturated rings. The second-order valence-corrected chi connectivity index (χ2v) is 9.22. The minimum Gasteiger partial charge on any atom is -0.352 e. The van der Waals surface area contributed by atoms with Gasteiger partial charge in [-0.3, -0.25) is 4.79 Å². The molecule has 4 rings (SSSR count). The first-order valence-electron chi connectivity index (χ1n) is 12.4. The van der Waals surface area contributed by atoms with Gasteiger partial charge in [-0.25, -0.2) is 4.79 Å². The number of urea groups is 1. The number of piperidine rings is 2. The Kier molecular flexibility index (Phi) is 8.36. The quantitative estimate of drug-likeness (QED) is 0.603. The highest BCUT2D eigenvalue weighted by atomic mass is 16.2. The van der Waals surface area contributed by atoms with Crippen molar-refractivity contribution in [1.82, 2.24) is 15.1 Å². The van der Waals surface area contributed by atoms with Crippen molar-refractivity contribution >= 4 is 17.6 Å². The van der Waals surface area contributed by atoms with E-state index in [2.05, 4.69) is 21.6 Å². The Morgan fingerprint density at radius 2 is 1.73 bits per heavy atom. The number of para-hydroxylation sites is 1. The van der Waals surface area contributed by atoms with Gasteiger partial charge in [0.25, 0.3) is 5.91 Å². The molecule has 1 atom stereocenters. The Balaban J connectivity index is 1.28. The van der Waals surface area contributed by atoms with Gasteiger partial charge in [0, 0.05) is 36.8 Å². The van der Waals surface area contributed by atoms with E-state index < -0.39 is 0 Å². The molecule has 6 heteroatoms. The summed E-state index contributed by atoms with van der Waals surface area (Å²) in [4.78, 5) is 29.8. The molecule has 0 bridgehead atoms. The fourth-order valence-electron chi connectivity index (χ4n) is 4.88. The molecule has 0 saturated carbocycles. The van der Waals surface area contributed by atoms with Crippen LogP contribution < -0.4 is 10.6 Å². The van der Waals surface area contributed by atoms with E-state index in [4.69, 9.17) is 0 Å². The van der Waals surface area contributed by atoms with Crippen LogP contribution in [0.25, 0.3) is 0 Å². The number of benzene rings is 2. The molecule has 2 aromatic rings. The summed E-state index contributed by atoms with van der Waals surface area (Å²) in [5.41, 5.74) is 2.65. The molecule has 0 spiro atoms. The molecule has 2 aliphatic heterocycles. The van der Waals surface area contributed by atoms with Crippen molar-refractivity contribution in [2.75, 3.05) is 44.6 Å². The van der Waals surface area contributed by atoms with Crippen molar-refractivity contribution in [1.29, 1.82) is 0 Å². The number of hydrogen-bond acceptors (Lipinski definition) is 3. The van der Waals surface area contributed by atoms with E-state index in [0.29, 0.717) is 18.7 Å². The molecule has 33 heavy (non-hydrogen) atoms. The third-order valence-electron chi connectivity index (χ3n) is 6.74. The summed E-state index contributed by atoms with van der Waals surface area (Å²) in [6.07, 6.45) is 6.91. The van der Waals surface area contributed by atoms with Crippen LogP contribution in [-0.2, 0) is 0 Å². The largest absolute Gasteiger partial charge is 0.352 e. The average Bonchev–Trinajstić information content (AvgIpc) is 2.88. The second kappa shape index (κ2) is 11.8. The van der Waals surface area contributed by atoms with Gasteiger partial charge < -0.3 is 20.4 Å². The summed E-state index contributed by atoms with van der Waals surface area (Å²) in [6, 6.07) is 17.4. The van der Waals surface area contributed by atoms with Crippen molar-refractivity contribution in [3.63, 3.8) is 0 Å². The van der Waals surface area contributed by atoms with Crippen LogP contribution in [0, 0.1) is 0 Å². The Hall–Kier alpha value is -2.86. The van der Waals surface area contributed by atoms with Gasteiger partial charge in [-0.2, -0.15) is 0 Å². The van der Waals surface area contributed by atoms with Gasteiger partial charge >= 0.3 is 6.03 Å². The summed E-state index contributed by atoms with van der Waals surface area (Å²) < 4.78 is 0. The molecule has 3 amide bonds. The van der Waals surface area contributed by atoms with Crippen LogP contribution in [0.5, 0.6) is 0 Å². The molecular formula is C27H36N4O2. The summed E-state index contributed by atoms with van der Waals surface area (Å²) in [5, 5.41) is 6.07. The van der Waals surface area contributed by atoms with Crippen molar-refractivity contribution < 1.29 is 9.59 Å². The van der Waals surface area contributed by atoms with Crippen LogP contribution in [0.15, 0.2) is 54.6 Å². The molecule has 176 valence electrons. The van der Waals surface area contributed by atoms with E-state index >= 15 is 0 Å². The molecule has 0 unspecified atom stereocenters. The maximum absolute atomic E-state index is 12.7. The number of carbonyl (C=O) groups is 2. The number of amides is 3. The first kappa shape index (κ1) is 23.3. The maximum Gasteiger partial charge on any atom is 0.321 e. The predicted octanol–water partition coefficient (Wildman–Crippen LogP) is 4.70. The Morgan fingerprint density at radius 3 is 2.55 bits per heavy atom. The van der Waals surface area contributed by atoms with Crippen LogP contribution in [0.3, 0.4) is 0 Å². The van der Waals surface area contributed by atoms with E-state index in [1.165, 1.54) is 32.4 Å². The highest BCUT2D eigenvalue weighted by molar-refractivity contribution is 5.94. The third-order valence-corrected chi connectivity index (χ3v) is 6.74. The van der Waals surface area contributed by atoms with Crippen LogP contribution in [0.4, 0.5) is 10.5 Å². The highest BCUT2D eigenvalue weighted by Gasteiger charge is 2.25. The monoisotopic (exact) mass is 448 g/mol. The van der Waals surface area contributed by atoms with Crippen molar-refractivity contribution in [3.05, 3.63) is 65.7 Å². The van der Waals surface area contributed by atoms with E-state index in [1.807, 2.05) is 53.4 Å². The maximum atomic E-state index is 12.7. The number of rotatable bonds is 7. The zero-order chi connectivity index (χ0) is 22.9. The Morgan fingerprint density at radius 1 is 0.909 bits per heavy atom. The Bertz CT molecular complexity index is 911. The standard InChI is InChI=1S/C27H36N4O2/c32-26(28-15-9-18-30-16-5-2-6-17-30)23-11-7-10-22(20-23)24-12-8-19-31(21-24)27(33)29-25-13-3-1-4-14-25/h1,3-4,7,10-11,13-14,20,24H,2,5-6,8-9,12,15-19,21H2,(H,28,32)(H,29,33)/t24-/m1/s1. The van der Waals surface area contributed by atoms with E-state index in [1.54, 1.807) is 0 Å². The molecule has 2 aliphatic rings. The zero-order valence-electron chi connectivity index (χ0n) is 19.5. The minimum atomic E-state index is -0.0616. The summed E-state index contributed by atoms with van der Waals surface area (Å²) >= 11 is 0. The molecule has 2 aromatic carbocycles. The van der Waals surface area contributed by atoms with Crippen molar-refractivity contribution in [2.45, 2.75) is 44.4 Å². The van der Waals surface area contributed by atoms with Gasteiger partial charge in [-0.15, -0.1) is 0 Å². The first-order chi connectivity index (χ1) is 16.2. The lowest BCUT2D eigenvalue weighted by Crippen LogP contribution is -2.41. The smallest absolute Gasteiger partial charge is 0.321 e. The third kappa shape index (κ3) is 6.81. The normalized spacial score (nSPS) is 19.2. The van der Waals surface area contributed by atoms with E-state index in [9.17, 15) is 9.59 Å². The van der Waals surface area contributed by atoms with Gasteiger partial charge in [0.05, 0.1) is 0 Å². The van der Waals surface area contributed by atoms with Gasteiger partial charge in [0.15, 0.2) is 0 Å². The molecule has 2 heterocycles. The predicted molar refractivity (Wildman–Crippen MR) is 133 cm³/mol. The number of anilines is 1. The topological polar surface area (TPSA) is 64.7 Å². The summed E-state index contributed by atoms with van der Waals surface area (Å²) in [5.74, 6) is 0.233. The fraction of sp³-hybridized carbons (Fsp3) is 0.481. The van der Waals surface area contributed by atoms with Crippen LogP contribution in [0.2, 0.25) is 0 Å². The van der Waals surface area contributed by atoms with Crippen molar-refractivity contribution in [3.8, 4) is 0 Å². The van der Waals surface area contributed by atoms with Gasteiger partial charge in [-0.1, -0.05) is 36.8 Å². The molecule has 0 radical (unpaired) electrons. The van der Waals surface area contributed by atoms with Crippen LogP contribution in [0.1, 0.15) is 60.4 Å². The molecule has 2 saturated heterocycles. The van der Waals surface area contributed by atoms with Gasteiger partial charge in [0.2, 0.25) is 0 Å². The number of nitrogens with one attached hydrogen (secondary N) is 2. The number of hydrogen-bond donors (Lipinski definition) is 2. The van der Waals surface area contributed by atoms with E-state index in [0.717, 1.165) is 43.6 Å². The Labute approximate surface area is 197 Å². The molecule has 6 nitrogen and oxygen atoms in total. The molecule has 2 N–H and O–H groups in total. The second-order valence-electron chi connectivity index (χ2n) is 9.22. The first-order valence-corrected chi connectivity index (χ1v) is 12.4. The number of carbonyl (C=O) groups excluding carboxylic acids is 2. The van der Waals surface area contributed by atoms with Gasteiger partial charge in [0.1, 0.15) is 0 Å². The zero-order valence-corrected chi connectivity index (χ0v) is 19.5. The molecule has 0 aromatic heterocycles. The summed E-state index contributed by atoms with van der Waals surface area (Å²) in [6.45, 7) is 5.57. The summed E-state index contributed by atoms with van der Waals surface area (Å²) in [7, 11) is 0. The van der Waals surface area contributed by atoms with E-state index in [-0.39, 0.29) is 17.9 Å². The SMILES string of the molecule is O=C(NCCCN1CCCCC1)c1cccc([C@@H]2CCCN(C(=O)Nc3ccccc3)C2)c1. The van der Waals surface area contributed by atoms with Crippen LogP contribution in [-0.4, -0.2) is 61.0 Å². The minimum absolute atomic E-state index is 0.00928. The highest BCUT2D eigenvalue weighted by Crippen LogP contribution is 2.28. The average molecular weight is 449 g/mol. The van der Waals surface area contributed by atoms with Gasteiger partial charge in [-0.05, 0) is 81.6 Å². The number of nitrogens with zero attached hydrogens (tertiary/aromatic N) is 2. The fourth-order valence-corrected chi connectivity index (χ4v) is 4.88.